The van der Waals surface area contributed by atoms with Gasteiger partial charge in [-0.2, -0.15) is 13.2 Å². The Bertz CT molecular complexity index is 1080. The van der Waals surface area contributed by atoms with Crippen LogP contribution in [0.4, 0.5) is 35.1 Å². The number of hydrogen-bond acceptors (Lipinski definition) is 7. The maximum atomic E-state index is 14.7. The van der Waals surface area contributed by atoms with E-state index in [1.54, 1.807) is 0 Å². The highest BCUT2D eigenvalue weighted by Crippen LogP contribution is 2.43. The molecule has 2 aliphatic rings. The Kier molecular flexibility index (Phi) is 7.34. The van der Waals surface area contributed by atoms with E-state index >= 15 is 0 Å². The molecule has 0 radical (unpaired) electrons. The van der Waals surface area contributed by atoms with Crippen molar-refractivity contribution < 1.29 is 58.5 Å². The lowest BCUT2D eigenvalue weighted by molar-refractivity contribution is -0.352. The van der Waals surface area contributed by atoms with E-state index in [4.69, 9.17) is 13.9 Å². The second-order valence-electron chi connectivity index (χ2n) is 8.55. The molecular formula is C21H19F8N3O5. The molecule has 1 aliphatic carbocycles. The van der Waals surface area contributed by atoms with Gasteiger partial charge in [0.1, 0.15) is 17.9 Å². The summed E-state index contributed by atoms with van der Waals surface area (Å²) in [6.07, 6.45) is -12.6. The molecule has 37 heavy (non-hydrogen) atoms. The van der Waals surface area contributed by atoms with Crippen molar-refractivity contribution in [2.24, 2.45) is 0 Å². The van der Waals surface area contributed by atoms with E-state index in [2.05, 4.69) is 20.3 Å². The predicted molar refractivity (Wildman–Crippen MR) is 104 cm³/mol. The SMILES string of the molecule is O=C(COc1ccc(C(F)(F)F)cc1)N[C@@H]1CO[C@@H](c2nnc(C3CC(OC(F)(F)F)C3)o2)CC1(F)F. The molecule has 4 rings (SSSR count). The molecule has 0 spiro atoms. The summed E-state index contributed by atoms with van der Waals surface area (Å²) in [5, 5.41) is 9.43. The third-order valence-corrected chi connectivity index (χ3v) is 5.79. The third-order valence-electron chi connectivity index (χ3n) is 5.79. The van der Waals surface area contributed by atoms with Crippen molar-refractivity contribution in [1.29, 1.82) is 0 Å². The summed E-state index contributed by atoms with van der Waals surface area (Å²) in [6.45, 7) is -1.36. The average molecular weight is 545 g/mol. The molecule has 2 heterocycles. The largest absolute Gasteiger partial charge is 0.522 e. The first kappa shape index (κ1) is 27.0. The summed E-state index contributed by atoms with van der Waals surface area (Å²) in [6, 6.07) is 1.75. The van der Waals surface area contributed by atoms with Crippen molar-refractivity contribution >= 4 is 5.91 Å². The van der Waals surface area contributed by atoms with E-state index < -0.39 is 73.7 Å². The third kappa shape index (κ3) is 6.85. The second-order valence-corrected chi connectivity index (χ2v) is 8.55. The molecule has 8 nitrogen and oxygen atoms in total. The van der Waals surface area contributed by atoms with Crippen LogP contribution in [-0.4, -0.2) is 53.7 Å². The van der Waals surface area contributed by atoms with Gasteiger partial charge in [0.05, 0.1) is 18.3 Å². The van der Waals surface area contributed by atoms with E-state index in [-0.39, 0.29) is 30.4 Å². The van der Waals surface area contributed by atoms with Gasteiger partial charge in [-0.25, -0.2) is 8.78 Å². The van der Waals surface area contributed by atoms with Gasteiger partial charge in [-0.3, -0.25) is 9.53 Å². The first-order valence-corrected chi connectivity index (χ1v) is 10.9. The molecule has 2 atom stereocenters. The molecule has 1 aromatic carbocycles. The number of carbonyl (C=O) groups excluding carboxylic acids is 1. The monoisotopic (exact) mass is 545 g/mol. The fraction of sp³-hybridized carbons (Fsp3) is 0.571. The van der Waals surface area contributed by atoms with Crippen LogP contribution in [0.2, 0.25) is 0 Å². The number of benzene rings is 1. The summed E-state index contributed by atoms with van der Waals surface area (Å²) in [5.41, 5.74) is -0.918. The molecule has 2 fully saturated rings. The number of hydrogen-bond donors (Lipinski definition) is 1. The van der Waals surface area contributed by atoms with Crippen LogP contribution in [0.25, 0.3) is 0 Å². The van der Waals surface area contributed by atoms with Crippen LogP contribution in [0, 0.1) is 0 Å². The van der Waals surface area contributed by atoms with E-state index in [9.17, 15) is 39.9 Å². The fourth-order valence-electron chi connectivity index (χ4n) is 3.81. The highest BCUT2D eigenvalue weighted by molar-refractivity contribution is 5.78. The summed E-state index contributed by atoms with van der Waals surface area (Å²) in [5.74, 6) is -5.28. The van der Waals surface area contributed by atoms with Gasteiger partial charge in [0.2, 0.25) is 11.8 Å². The number of alkyl halides is 8. The van der Waals surface area contributed by atoms with Crippen molar-refractivity contribution in [3.05, 3.63) is 41.6 Å². The zero-order chi connectivity index (χ0) is 27.0. The Labute approximate surface area is 203 Å². The standard InChI is InChI=1S/C21H19F8N3O5/c22-19(23)7-14(18-32-31-17(36-18)10-5-13(6-10)37-21(27,28)29)35-8-15(19)30-16(33)9-34-12-3-1-11(2-4-12)20(24,25)26/h1-4,10,13-15H,5-9H2,(H,30,33)/t10?,13?,14-,15-/m1/s1. The average Bonchev–Trinajstić information content (AvgIpc) is 3.24. The van der Waals surface area contributed by atoms with Crippen molar-refractivity contribution in [2.45, 2.75) is 61.9 Å². The maximum absolute atomic E-state index is 14.7. The van der Waals surface area contributed by atoms with Gasteiger partial charge in [-0.1, -0.05) is 0 Å². The lowest BCUT2D eigenvalue weighted by Crippen LogP contribution is -2.55. The molecule has 2 aromatic rings. The van der Waals surface area contributed by atoms with Crippen LogP contribution in [-0.2, 0) is 20.4 Å². The van der Waals surface area contributed by atoms with Crippen LogP contribution < -0.4 is 10.1 Å². The molecule has 1 saturated heterocycles. The molecule has 0 bridgehead atoms. The Morgan fingerprint density at radius 2 is 1.70 bits per heavy atom. The number of ether oxygens (including phenoxy) is 3. The van der Waals surface area contributed by atoms with Crippen molar-refractivity contribution in [3.63, 3.8) is 0 Å². The molecule has 1 saturated carbocycles. The fourth-order valence-corrected chi connectivity index (χ4v) is 3.81. The molecular weight excluding hydrogens is 526 g/mol. The Balaban J connectivity index is 1.25. The highest BCUT2D eigenvalue weighted by Gasteiger charge is 2.49. The number of rotatable bonds is 7. The number of nitrogens with one attached hydrogen (secondary N) is 1. The van der Waals surface area contributed by atoms with Gasteiger partial charge in [0.15, 0.2) is 6.61 Å². The Hall–Kier alpha value is -3.01. The Morgan fingerprint density at radius 1 is 1.05 bits per heavy atom. The summed E-state index contributed by atoms with van der Waals surface area (Å²) >= 11 is 0. The summed E-state index contributed by atoms with van der Waals surface area (Å²) in [4.78, 5) is 12.1. The predicted octanol–water partition coefficient (Wildman–Crippen LogP) is 4.53. The van der Waals surface area contributed by atoms with Crippen LogP contribution >= 0.6 is 0 Å². The minimum Gasteiger partial charge on any atom is -0.484 e. The van der Waals surface area contributed by atoms with Crippen LogP contribution in [0.15, 0.2) is 28.7 Å². The van der Waals surface area contributed by atoms with Gasteiger partial charge in [0.25, 0.3) is 11.8 Å². The molecule has 1 N–H and O–H groups in total. The molecule has 0 unspecified atom stereocenters. The topological polar surface area (TPSA) is 95.7 Å². The van der Waals surface area contributed by atoms with Crippen LogP contribution in [0.5, 0.6) is 5.75 Å². The van der Waals surface area contributed by atoms with Gasteiger partial charge >= 0.3 is 12.5 Å². The van der Waals surface area contributed by atoms with Gasteiger partial charge < -0.3 is 19.2 Å². The summed E-state index contributed by atoms with van der Waals surface area (Å²) in [7, 11) is 0. The molecule has 1 aliphatic heterocycles. The van der Waals surface area contributed by atoms with E-state index in [0.29, 0.717) is 0 Å². The first-order valence-electron chi connectivity index (χ1n) is 10.9. The van der Waals surface area contributed by atoms with Crippen molar-refractivity contribution in [1.82, 2.24) is 15.5 Å². The minimum absolute atomic E-state index is 0.0141. The summed E-state index contributed by atoms with van der Waals surface area (Å²) < 4.78 is 123. The first-order chi connectivity index (χ1) is 17.2. The number of nitrogens with zero attached hydrogens (tertiary/aromatic N) is 2. The van der Waals surface area contributed by atoms with Gasteiger partial charge in [-0.15, -0.1) is 23.4 Å². The second kappa shape index (κ2) is 10.0. The zero-order valence-corrected chi connectivity index (χ0v) is 18.6. The van der Waals surface area contributed by atoms with E-state index in [1.165, 1.54) is 0 Å². The Morgan fingerprint density at radius 3 is 2.30 bits per heavy atom. The maximum Gasteiger partial charge on any atom is 0.522 e. The molecule has 1 amide bonds. The van der Waals surface area contributed by atoms with Gasteiger partial charge in [0, 0.05) is 12.3 Å². The zero-order valence-electron chi connectivity index (χ0n) is 18.6. The van der Waals surface area contributed by atoms with Crippen molar-refractivity contribution in [2.75, 3.05) is 13.2 Å². The molecule has 16 heteroatoms. The van der Waals surface area contributed by atoms with Gasteiger partial charge in [-0.05, 0) is 37.1 Å². The van der Waals surface area contributed by atoms with Crippen LogP contribution in [0.1, 0.15) is 48.6 Å². The smallest absolute Gasteiger partial charge is 0.484 e. The lowest BCUT2D eigenvalue weighted by atomic mass is 9.82. The van der Waals surface area contributed by atoms with Crippen molar-refractivity contribution in [3.8, 4) is 5.75 Å². The molecule has 1 aromatic heterocycles. The normalized spacial score (nSPS) is 25.8. The van der Waals surface area contributed by atoms with Crippen LogP contribution in [0.3, 0.4) is 0 Å². The minimum atomic E-state index is -4.77. The van der Waals surface area contributed by atoms with E-state index in [0.717, 1.165) is 24.3 Å². The number of amides is 1. The number of carbonyl (C=O) groups is 1. The highest BCUT2D eigenvalue weighted by atomic mass is 19.4. The number of halogens is 8. The number of aromatic nitrogens is 2. The quantitative estimate of drug-likeness (QED) is 0.511. The van der Waals surface area contributed by atoms with E-state index in [1.807, 2.05) is 0 Å². The molecule has 204 valence electrons. The lowest BCUT2D eigenvalue weighted by Gasteiger charge is -2.35.